The molecule has 6 aromatic rings. The van der Waals surface area contributed by atoms with E-state index in [4.69, 9.17) is 44.6 Å². The Hall–Kier alpha value is -7.06. The second-order valence-electron chi connectivity index (χ2n) is 11.0. The Morgan fingerprint density at radius 2 is 0.922 bits per heavy atom. The van der Waals surface area contributed by atoms with Crippen molar-refractivity contribution >= 4 is 33.4 Å². The van der Waals surface area contributed by atoms with E-state index in [1.807, 2.05) is 25.2 Å². The van der Waals surface area contributed by atoms with Crippen molar-refractivity contribution in [3.8, 4) is 69.6 Å². The first-order valence-corrected chi connectivity index (χ1v) is 15.2. The van der Waals surface area contributed by atoms with Crippen molar-refractivity contribution in [2.24, 2.45) is 14.1 Å². The molecule has 0 aliphatic rings. The summed E-state index contributed by atoms with van der Waals surface area (Å²) in [5, 5.41) is 30.1. The third kappa shape index (κ3) is 6.54. The molecule has 0 unspecified atom stereocenters. The lowest BCUT2D eigenvalue weighted by atomic mass is 10.1. The Bertz CT molecular complexity index is 2300. The maximum absolute atomic E-state index is 9.96. The molecule has 0 spiro atoms. The molecule has 2 heterocycles. The van der Waals surface area contributed by atoms with Gasteiger partial charge in [-0.15, -0.1) is 0 Å². The number of phenolic OH excluding ortho intramolecular Hbond substituents is 1. The SMILES string of the molecule is COc1cc(Oc2ccc3c(c2)c(C#N)c(N)n3C)cc(OC)c1O.COc1cc(Oc2ccc3c(c2)c(C#N)c(N)n3C)cc(OC)c1OC. The van der Waals surface area contributed by atoms with Crippen LogP contribution in [0.2, 0.25) is 0 Å². The molecule has 0 aliphatic carbocycles. The molecule has 14 heteroatoms. The van der Waals surface area contributed by atoms with Crippen LogP contribution in [0.1, 0.15) is 11.1 Å². The number of nitrogens with two attached hydrogens (primary N) is 2. The molecular weight excluding hydrogens is 656 g/mol. The number of hydrogen-bond acceptors (Lipinski definition) is 12. The van der Waals surface area contributed by atoms with Crippen molar-refractivity contribution < 1.29 is 38.3 Å². The molecule has 0 atom stereocenters. The number of hydrogen-bond donors (Lipinski definition) is 3. The predicted octanol–water partition coefficient (Wildman–Crippen LogP) is 6.60. The topological polar surface area (TPSA) is 194 Å². The van der Waals surface area contributed by atoms with Crippen LogP contribution in [0.25, 0.3) is 21.8 Å². The normalized spacial score (nSPS) is 10.5. The molecule has 5 N–H and O–H groups in total. The summed E-state index contributed by atoms with van der Waals surface area (Å²) in [6.45, 7) is 0. The number of anilines is 2. The van der Waals surface area contributed by atoms with E-state index in [9.17, 15) is 15.6 Å². The number of phenols is 1. The Morgan fingerprint density at radius 1 is 0.549 bits per heavy atom. The number of aryl methyl sites for hydroxylation is 2. The fourth-order valence-electron chi connectivity index (χ4n) is 5.57. The highest BCUT2D eigenvalue weighted by Gasteiger charge is 2.18. The third-order valence-corrected chi connectivity index (χ3v) is 8.22. The lowest BCUT2D eigenvalue weighted by Gasteiger charge is -2.14. The molecule has 262 valence electrons. The maximum Gasteiger partial charge on any atom is 0.203 e. The number of nitriles is 2. The van der Waals surface area contributed by atoms with Gasteiger partial charge in [-0.3, -0.25) is 0 Å². The fraction of sp³-hybridized carbons (Fsp3) is 0.189. The molecular formula is C37H36N6O8. The molecule has 0 bridgehead atoms. The van der Waals surface area contributed by atoms with Crippen molar-refractivity contribution in [1.29, 1.82) is 10.5 Å². The van der Waals surface area contributed by atoms with Crippen molar-refractivity contribution in [3.05, 3.63) is 71.8 Å². The van der Waals surface area contributed by atoms with Crippen LogP contribution >= 0.6 is 0 Å². The molecule has 0 saturated heterocycles. The lowest BCUT2D eigenvalue weighted by molar-refractivity contribution is 0.321. The van der Waals surface area contributed by atoms with Crippen LogP contribution in [0, 0.1) is 22.7 Å². The van der Waals surface area contributed by atoms with E-state index in [-0.39, 0.29) is 17.2 Å². The summed E-state index contributed by atoms with van der Waals surface area (Å²) in [6.07, 6.45) is 0. The zero-order chi connectivity index (χ0) is 37.0. The van der Waals surface area contributed by atoms with Gasteiger partial charge in [-0.25, -0.2) is 0 Å². The van der Waals surface area contributed by atoms with Gasteiger partial charge in [0.2, 0.25) is 11.5 Å². The summed E-state index contributed by atoms with van der Waals surface area (Å²) in [5.41, 5.74) is 14.5. The molecule has 0 fully saturated rings. The molecule has 2 aromatic heterocycles. The standard InChI is InChI=1S/C19H19N3O4.C18H17N3O4/c1-22-15-6-5-11(7-13(15)14(10-20)19(22)21)26-12-8-16(23-2)18(25-4)17(9-12)24-3;1-21-14-5-4-10(6-12(14)13(9-19)18(21)20)25-11-7-15(23-2)17(22)16(8-11)24-3/h5-9H,21H2,1-4H3;4-8,22H,20H2,1-3H3. The highest BCUT2D eigenvalue weighted by atomic mass is 16.5. The first-order chi connectivity index (χ1) is 24.5. The zero-order valence-corrected chi connectivity index (χ0v) is 29.0. The highest BCUT2D eigenvalue weighted by Crippen LogP contribution is 2.43. The predicted molar refractivity (Wildman–Crippen MR) is 192 cm³/mol. The van der Waals surface area contributed by atoms with E-state index in [1.54, 1.807) is 72.9 Å². The number of nitrogen functional groups attached to an aromatic ring is 2. The van der Waals surface area contributed by atoms with Crippen LogP contribution in [0.4, 0.5) is 11.6 Å². The quantitative estimate of drug-likeness (QED) is 0.147. The maximum atomic E-state index is 9.96. The van der Waals surface area contributed by atoms with Gasteiger partial charge in [0.1, 0.15) is 57.9 Å². The van der Waals surface area contributed by atoms with Crippen molar-refractivity contribution in [3.63, 3.8) is 0 Å². The van der Waals surface area contributed by atoms with E-state index < -0.39 is 0 Å². The number of methoxy groups -OCH3 is 5. The molecule has 0 radical (unpaired) electrons. The number of aromatic hydroxyl groups is 1. The Balaban J connectivity index is 0.000000198. The Labute approximate surface area is 293 Å². The molecule has 0 aliphatic heterocycles. The van der Waals surface area contributed by atoms with Gasteiger partial charge in [-0.1, -0.05) is 0 Å². The van der Waals surface area contributed by atoms with Gasteiger partial charge in [-0.2, -0.15) is 10.5 Å². The van der Waals surface area contributed by atoms with E-state index >= 15 is 0 Å². The van der Waals surface area contributed by atoms with E-state index in [1.165, 1.54) is 21.3 Å². The fourth-order valence-corrected chi connectivity index (χ4v) is 5.57. The van der Waals surface area contributed by atoms with Crippen LogP contribution in [-0.4, -0.2) is 49.8 Å². The molecule has 0 amide bonds. The summed E-state index contributed by atoms with van der Waals surface area (Å²) in [4.78, 5) is 0. The second kappa shape index (κ2) is 14.6. The molecule has 14 nitrogen and oxygen atoms in total. The monoisotopic (exact) mass is 692 g/mol. The minimum Gasteiger partial charge on any atom is -0.502 e. The average molecular weight is 693 g/mol. The minimum atomic E-state index is -0.101. The van der Waals surface area contributed by atoms with Gasteiger partial charge in [0, 0.05) is 49.1 Å². The second-order valence-corrected chi connectivity index (χ2v) is 11.0. The van der Waals surface area contributed by atoms with E-state index in [0.717, 1.165) is 16.4 Å². The smallest absolute Gasteiger partial charge is 0.203 e. The summed E-state index contributed by atoms with van der Waals surface area (Å²) < 4.78 is 41.5. The van der Waals surface area contributed by atoms with Crippen molar-refractivity contribution in [2.45, 2.75) is 0 Å². The lowest BCUT2D eigenvalue weighted by Crippen LogP contribution is -1.96. The molecule has 51 heavy (non-hydrogen) atoms. The van der Waals surface area contributed by atoms with Crippen molar-refractivity contribution in [2.75, 3.05) is 47.0 Å². The first-order valence-electron chi connectivity index (χ1n) is 15.2. The van der Waals surface area contributed by atoms with Gasteiger partial charge >= 0.3 is 0 Å². The minimum absolute atomic E-state index is 0.101. The number of ether oxygens (including phenoxy) is 7. The summed E-state index contributed by atoms with van der Waals surface area (Å²) >= 11 is 0. The van der Waals surface area contributed by atoms with Crippen LogP contribution < -0.4 is 44.6 Å². The van der Waals surface area contributed by atoms with Gasteiger partial charge in [0.25, 0.3) is 0 Å². The van der Waals surface area contributed by atoms with Crippen LogP contribution in [0.5, 0.6) is 57.5 Å². The molecule has 0 saturated carbocycles. The highest BCUT2D eigenvalue weighted by molar-refractivity contribution is 5.94. The number of rotatable bonds is 9. The Kier molecular flexibility index (Phi) is 10.1. The van der Waals surface area contributed by atoms with Crippen LogP contribution in [0.15, 0.2) is 60.7 Å². The molecule has 6 rings (SSSR count). The first kappa shape index (κ1) is 35.3. The number of benzene rings is 4. The van der Waals surface area contributed by atoms with Crippen molar-refractivity contribution in [1.82, 2.24) is 9.13 Å². The van der Waals surface area contributed by atoms with Crippen LogP contribution in [0.3, 0.4) is 0 Å². The number of aromatic nitrogens is 2. The van der Waals surface area contributed by atoms with Gasteiger partial charge in [0.05, 0.1) is 46.6 Å². The van der Waals surface area contributed by atoms with E-state index in [0.29, 0.717) is 68.4 Å². The summed E-state index contributed by atoms with van der Waals surface area (Å²) in [5.74, 6) is 4.68. The molecule has 4 aromatic carbocycles. The summed E-state index contributed by atoms with van der Waals surface area (Å²) in [7, 11) is 11.1. The van der Waals surface area contributed by atoms with Gasteiger partial charge in [0.15, 0.2) is 23.0 Å². The van der Waals surface area contributed by atoms with Gasteiger partial charge in [-0.05, 0) is 36.4 Å². The Morgan fingerprint density at radius 3 is 1.25 bits per heavy atom. The number of nitrogens with zero attached hydrogens (tertiary/aromatic N) is 4. The number of fused-ring (bicyclic) bond motifs is 2. The van der Waals surface area contributed by atoms with Gasteiger partial charge < -0.3 is 58.9 Å². The average Bonchev–Trinajstić information content (AvgIpc) is 3.53. The zero-order valence-electron chi connectivity index (χ0n) is 29.0. The van der Waals surface area contributed by atoms with Crippen LogP contribution in [-0.2, 0) is 14.1 Å². The van der Waals surface area contributed by atoms with E-state index in [2.05, 4.69) is 12.1 Å². The third-order valence-electron chi connectivity index (χ3n) is 8.22. The largest absolute Gasteiger partial charge is 0.502 e. The summed E-state index contributed by atoms with van der Waals surface area (Å²) in [6, 6.07) is 21.6.